The lowest BCUT2D eigenvalue weighted by atomic mass is 9.67. The highest BCUT2D eigenvalue weighted by Gasteiger charge is 2.70. The lowest BCUT2D eigenvalue weighted by molar-refractivity contribution is -0.275. The van der Waals surface area contributed by atoms with Crippen molar-refractivity contribution in [2.24, 2.45) is 0 Å². The summed E-state index contributed by atoms with van der Waals surface area (Å²) in [5.74, 6) is -1.45. The number of hydrogen-bond donors (Lipinski definition) is 2. The SMILES string of the molecule is CC1(C)CCCC(C)(C)N1C(CCCCCCC(=O)O)C(C(=O)O)(N1C(C)(C)CCCC1(C)C)N1C(C)(C)CCCC1(C)C. The van der Waals surface area contributed by atoms with Crippen LogP contribution < -0.4 is 0 Å². The van der Waals surface area contributed by atoms with Crippen molar-refractivity contribution < 1.29 is 19.8 Å². The number of rotatable bonds is 12. The Hall–Kier alpha value is -1.18. The fraction of sp³-hybridized carbons (Fsp3) is 0.946. The number of likely N-dealkylation sites (tertiary alicyclic amines) is 3. The maximum atomic E-state index is 14.9. The molecule has 0 aromatic heterocycles. The van der Waals surface area contributed by atoms with Crippen molar-refractivity contribution in [2.45, 2.75) is 224 Å². The third-order valence-electron chi connectivity index (χ3n) is 11.8. The molecule has 3 aliphatic heterocycles. The van der Waals surface area contributed by atoms with Crippen LogP contribution in [0.5, 0.6) is 0 Å². The second kappa shape index (κ2) is 12.8. The molecule has 1 unspecified atom stereocenters. The first-order valence-corrected chi connectivity index (χ1v) is 17.8. The molecule has 44 heavy (non-hydrogen) atoms. The molecular weight excluding hydrogens is 550 g/mol. The zero-order valence-electron chi connectivity index (χ0n) is 30.7. The van der Waals surface area contributed by atoms with E-state index in [1.807, 2.05) is 0 Å². The highest BCUT2D eigenvalue weighted by molar-refractivity contribution is 5.80. The molecule has 7 nitrogen and oxygen atoms in total. The van der Waals surface area contributed by atoms with Gasteiger partial charge in [0.05, 0.1) is 6.04 Å². The van der Waals surface area contributed by atoms with Crippen LogP contribution in [0.3, 0.4) is 0 Å². The molecule has 7 heteroatoms. The Balaban J connectivity index is 2.40. The Kier molecular flexibility index (Phi) is 10.8. The van der Waals surface area contributed by atoms with Gasteiger partial charge in [-0.2, -0.15) is 0 Å². The number of aliphatic carboxylic acids is 2. The Bertz CT molecular complexity index is 942. The van der Waals surface area contributed by atoms with Gasteiger partial charge in [0.1, 0.15) is 0 Å². The van der Waals surface area contributed by atoms with Crippen LogP contribution >= 0.6 is 0 Å². The molecule has 3 saturated heterocycles. The van der Waals surface area contributed by atoms with E-state index < -0.39 is 17.6 Å². The summed E-state index contributed by atoms with van der Waals surface area (Å²) in [5, 5.41) is 21.4. The van der Waals surface area contributed by atoms with Crippen molar-refractivity contribution in [3.05, 3.63) is 0 Å². The van der Waals surface area contributed by atoms with Crippen LogP contribution in [0, 0.1) is 0 Å². The van der Waals surface area contributed by atoms with Crippen LogP contribution in [0.2, 0.25) is 0 Å². The van der Waals surface area contributed by atoms with Crippen LogP contribution in [-0.2, 0) is 9.59 Å². The number of unbranched alkanes of at least 4 members (excludes halogenated alkanes) is 3. The van der Waals surface area contributed by atoms with E-state index in [1.165, 1.54) is 0 Å². The van der Waals surface area contributed by atoms with Gasteiger partial charge in [-0.15, -0.1) is 0 Å². The van der Waals surface area contributed by atoms with E-state index in [0.29, 0.717) is 6.42 Å². The average molecular weight is 620 g/mol. The van der Waals surface area contributed by atoms with Crippen molar-refractivity contribution in [1.82, 2.24) is 14.7 Å². The molecule has 0 bridgehead atoms. The first kappa shape index (κ1) is 37.3. The van der Waals surface area contributed by atoms with E-state index in [2.05, 4.69) is 97.8 Å². The molecular formula is C37H69N3O4. The van der Waals surface area contributed by atoms with Gasteiger partial charge in [-0.25, -0.2) is 4.79 Å². The van der Waals surface area contributed by atoms with E-state index in [1.54, 1.807) is 0 Å². The van der Waals surface area contributed by atoms with E-state index in [9.17, 15) is 19.8 Å². The number of carboxylic acids is 2. The van der Waals surface area contributed by atoms with Gasteiger partial charge in [-0.1, -0.05) is 19.3 Å². The smallest absolute Gasteiger partial charge is 0.341 e. The normalized spacial score (nSPS) is 27.5. The zero-order valence-corrected chi connectivity index (χ0v) is 30.7. The van der Waals surface area contributed by atoms with Crippen molar-refractivity contribution >= 4 is 11.9 Å². The molecule has 1 atom stereocenters. The lowest BCUT2D eigenvalue weighted by Gasteiger charge is -2.72. The molecule has 0 radical (unpaired) electrons. The Morgan fingerprint density at radius 2 is 0.909 bits per heavy atom. The monoisotopic (exact) mass is 620 g/mol. The first-order valence-electron chi connectivity index (χ1n) is 17.8. The lowest BCUT2D eigenvalue weighted by Crippen LogP contribution is -2.88. The minimum Gasteiger partial charge on any atom is -0.481 e. The molecule has 256 valence electrons. The van der Waals surface area contributed by atoms with Gasteiger partial charge in [0, 0.05) is 39.7 Å². The predicted octanol–water partition coefficient (Wildman–Crippen LogP) is 8.69. The summed E-state index contributed by atoms with van der Waals surface area (Å²) in [6, 6.07) is -0.266. The van der Waals surface area contributed by atoms with Crippen LogP contribution in [0.4, 0.5) is 0 Å². The molecule has 0 saturated carbocycles. The van der Waals surface area contributed by atoms with Crippen molar-refractivity contribution in [1.29, 1.82) is 0 Å². The quantitative estimate of drug-likeness (QED) is 0.211. The summed E-state index contributed by atoms with van der Waals surface area (Å²) in [6.45, 7) is 27.8. The van der Waals surface area contributed by atoms with Gasteiger partial charge in [0.15, 0.2) is 5.66 Å². The molecule has 0 amide bonds. The zero-order chi connectivity index (χ0) is 33.6. The first-order chi connectivity index (χ1) is 20.0. The molecule has 0 aliphatic carbocycles. The highest BCUT2D eigenvalue weighted by atomic mass is 16.4. The maximum Gasteiger partial charge on any atom is 0.341 e. The fourth-order valence-electron chi connectivity index (χ4n) is 10.9. The minimum atomic E-state index is -1.28. The summed E-state index contributed by atoms with van der Waals surface area (Å²) in [5.41, 5.74) is -2.94. The summed E-state index contributed by atoms with van der Waals surface area (Å²) < 4.78 is 0. The number of hydrogen-bond acceptors (Lipinski definition) is 5. The number of piperidine rings is 3. The standard InChI is InChI=1S/C37H69N3O4/c1-31(2)22-17-23-32(3,4)38(31)28(20-15-13-14-16-21-29(41)42)37(30(43)44,39-33(5,6)24-18-25-34(39,7)8)40-35(9,10)26-19-27-36(40,11)12/h28H,13-27H2,1-12H3,(H,41,42)(H,43,44). The van der Waals surface area contributed by atoms with E-state index in [4.69, 9.17) is 0 Å². The van der Waals surface area contributed by atoms with Gasteiger partial charge in [-0.05, 0) is 154 Å². The number of carboxylic acid groups (broad SMARTS) is 2. The molecule has 2 N–H and O–H groups in total. The molecule has 3 heterocycles. The van der Waals surface area contributed by atoms with Gasteiger partial charge < -0.3 is 10.2 Å². The Morgan fingerprint density at radius 3 is 1.25 bits per heavy atom. The van der Waals surface area contributed by atoms with Gasteiger partial charge >= 0.3 is 11.9 Å². The summed E-state index contributed by atoms with van der Waals surface area (Å²) in [4.78, 5) is 33.8. The van der Waals surface area contributed by atoms with Crippen LogP contribution in [-0.4, -0.2) is 81.8 Å². The third-order valence-corrected chi connectivity index (χ3v) is 11.8. The number of carbonyl (C=O) groups is 2. The van der Waals surface area contributed by atoms with Gasteiger partial charge in [-0.3, -0.25) is 19.5 Å². The summed E-state index contributed by atoms with van der Waals surface area (Å²) >= 11 is 0. The Labute approximate surface area is 270 Å². The third kappa shape index (κ3) is 7.05. The average Bonchev–Trinajstić information content (AvgIpc) is 2.80. The van der Waals surface area contributed by atoms with Crippen LogP contribution in [0.15, 0.2) is 0 Å². The molecule has 0 aromatic rings. The van der Waals surface area contributed by atoms with Crippen molar-refractivity contribution in [2.75, 3.05) is 0 Å². The molecule has 3 rings (SSSR count). The van der Waals surface area contributed by atoms with Crippen molar-refractivity contribution in [3.8, 4) is 0 Å². The van der Waals surface area contributed by atoms with Gasteiger partial charge in [0.2, 0.25) is 0 Å². The van der Waals surface area contributed by atoms with E-state index in [0.717, 1.165) is 83.5 Å². The molecule has 0 spiro atoms. The summed E-state index contributed by atoms with van der Waals surface area (Å²) in [6.07, 6.45) is 13.5. The van der Waals surface area contributed by atoms with Crippen molar-refractivity contribution in [3.63, 3.8) is 0 Å². The fourth-order valence-corrected chi connectivity index (χ4v) is 10.9. The van der Waals surface area contributed by atoms with Crippen LogP contribution in [0.25, 0.3) is 0 Å². The largest absolute Gasteiger partial charge is 0.481 e. The topological polar surface area (TPSA) is 84.3 Å². The minimum absolute atomic E-state index is 0.176. The van der Waals surface area contributed by atoms with E-state index in [-0.39, 0.29) is 45.7 Å². The summed E-state index contributed by atoms with van der Waals surface area (Å²) in [7, 11) is 0. The molecule has 0 aromatic carbocycles. The highest BCUT2D eigenvalue weighted by Crippen LogP contribution is 2.56. The second-order valence-corrected chi connectivity index (χ2v) is 18.4. The predicted molar refractivity (Wildman–Crippen MR) is 181 cm³/mol. The Morgan fingerprint density at radius 1 is 0.568 bits per heavy atom. The van der Waals surface area contributed by atoms with E-state index >= 15 is 0 Å². The second-order valence-electron chi connectivity index (χ2n) is 18.4. The maximum absolute atomic E-state index is 14.9. The molecule has 3 aliphatic rings. The van der Waals surface area contributed by atoms with Gasteiger partial charge in [0.25, 0.3) is 0 Å². The van der Waals surface area contributed by atoms with Crippen LogP contribution in [0.1, 0.15) is 179 Å². The molecule has 3 fully saturated rings. The number of nitrogens with zero attached hydrogens (tertiary/aromatic N) is 3.